The summed E-state index contributed by atoms with van der Waals surface area (Å²) < 4.78 is 5.72. The van der Waals surface area contributed by atoms with Gasteiger partial charge < -0.3 is 14.5 Å². The Balaban J connectivity index is 1.37. The molecule has 0 aliphatic carbocycles. The highest BCUT2D eigenvalue weighted by molar-refractivity contribution is 7.13. The monoisotopic (exact) mass is 437 g/mol. The van der Waals surface area contributed by atoms with Gasteiger partial charge in [-0.2, -0.15) is 0 Å². The lowest BCUT2D eigenvalue weighted by Crippen LogP contribution is -2.49. The maximum absolute atomic E-state index is 12.9. The Labute approximate surface area is 186 Å². The number of amides is 1. The lowest BCUT2D eigenvalue weighted by atomic mass is 10.2. The molecule has 162 valence electrons. The van der Waals surface area contributed by atoms with Crippen LogP contribution < -0.4 is 9.64 Å². The van der Waals surface area contributed by atoms with E-state index in [9.17, 15) is 4.79 Å². The normalized spacial score (nSPS) is 14.0. The molecule has 1 aliphatic rings. The van der Waals surface area contributed by atoms with Gasteiger partial charge in [0.15, 0.2) is 0 Å². The van der Waals surface area contributed by atoms with Gasteiger partial charge in [-0.1, -0.05) is 12.1 Å². The first-order valence-electron chi connectivity index (χ1n) is 10.5. The largest absolute Gasteiger partial charge is 0.493 e. The molecule has 1 aromatic carbocycles. The number of hydrogen-bond donors (Lipinski definition) is 0. The van der Waals surface area contributed by atoms with Crippen molar-refractivity contribution in [3.63, 3.8) is 0 Å². The Morgan fingerprint density at radius 3 is 2.61 bits per heavy atom. The summed E-state index contributed by atoms with van der Waals surface area (Å²) in [7, 11) is 0. The molecule has 1 aliphatic heterocycles. The number of aromatic nitrogens is 3. The van der Waals surface area contributed by atoms with Crippen molar-refractivity contribution < 1.29 is 9.53 Å². The number of para-hydroxylation sites is 1. The van der Waals surface area contributed by atoms with E-state index >= 15 is 0 Å². The minimum atomic E-state index is 0.115. The standard InChI is InChI=1S/C23H27N5O2S/c1-4-30-20-8-6-5-7-19(20)23-26-18(15-31-23)14-22(29)28-11-9-27(10-12-28)21-13-16(2)24-17(3)25-21/h5-8,13,15H,4,9-12,14H2,1-3H3. The minimum Gasteiger partial charge on any atom is -0.493 e. The number of piperazine rings is 1. The zero-order chi connectivity index (χ0) is 21.8. The fourth-order valence-electron chi connectivity index (χ4n) is 3.75. The number of nitrogens with zero attached hydrogens (tertiary/aromatic N) is 5. The van der Waals surface area contributed by atoms with E-state index in [1.807, 2.05) is 61.4 Å². The molecule has 31 heavy (non-hydrogen) atoms. The summed E-state index contributed by atoms with van der Waals surface area (Å²) in [6.07, 6.45) is 0.318. The average molecular weight is 438 g/mol. The quantitative estimate of drug-likeness (QED) is 0.588. The summed E-state index contributed by atoms with van der Waals surface area (Å²) >= 11 is 1.55. The maximum Gasteiger partial charge on any atom is 0.228 e. The van der Waals surface area contributed by atoms with Crippen molar-refractivity contribution in [1.29, 1.82) is 0 Å². The van der Waals surface area contributed by atoms with E-state index in [2.05, 4.69) is 14.9 Å². The lowest BCUT2D eigenvalue weighted by molar-refractivity contribution is -0.130. The van der Waals surface area contributed by atoms with Gasteiger partial charge >= 0.3 is 0 Å². The summed E-state index contributed by atoms with van der Waals surface area (Å²) in [5, 5.41) is 2.85. The third-order valence-corrected chi connectivity index (χ3v) is 6.13. The van der Waals surface area contributed by atoms with Crippen molar-refractivity contribution in [3.05, 3.63) is 52.9 Å². The highest BCUT2D eigenvalue weighted by atomic mass is 32.1. The summed E-state index contributed by atoms with van der Waals surface area (Å²) in [5.74, 6) is 2.65. The van der Waals surface area contributed by atoms with Gasteiger partial charge in [-0.05, 0) is 32.9 Å². The van der Waals surface area contributed by atoms with Crippen LogP contribution >= 0.6 is 11.3 Å². The van der Waals surface area contributed by atoms with E-state index in [0.29, 0.717) is 26.1 Å². The van der Waals surface area contributed by atoms with E-state index in [1.165, 1.54) is 0 Å². The van der Waals surface area contributed by atoms with E-state index in [1.54, 1.807) is 11.3 Å². The summed E-state index contributed by atoms with van der Waals surface area (Å²) in [6.45, 7) is 9.37. The van der Waals surface area contributed by atoms with Crippen molar-refractivity contribution >= 4 is 23.1 Å². The fourth-order valence-corrected chi connectivity index (χ4v) is 4.60. The Kier molecular flexibility index (Phi) is 6.46. The molecule has 0 spiro atoms. The van der Waals surface area contributed by atoms with Crippen molar-refractivity contribution in [2.45, 2.75) is 27.2 Å². The molecule has 1 saturated heterocycles. The number of carbonyl (C=O) groups is 1. The second-order valence-corrected chi connectivity index (χ2v) is 8.39. The molecule has 0 radical (unpaired) electrons. The zero-order valence-corrected chi connectivity index (χ0v) is 19.0. The van der Waals surface area contributed by atoms with Crippen LogP contribution in [0, 0.1) is 13.8 Å². The predicted octanol–water partition coefficient (Wildman–Crippen LogP) is 3.51. The SMILES string of the molecule is CCOc1ccccc1-c1nc(CC(=O)N2CCN(c3cc(C)nc(C)n3)CC2)cs1. The molecule has 7 nitrogen and oxygen atoms in total. The van der Waals surface area contributed by atoms with Crippen molar-refractivity contribution in [2.75, 3.05) is 37.7 Å². The molecule has 0 unspecified atom stereocenters. The number of thiazole rings is 1. The highest BCUT2D eigenvalue weighted by Gasteiger charge is 2.23. The van der Waals surface area contributed by atoms with E-state index in [0.717, 1.165) is 52.4 Å². The molecule has 3 heterocycles. The first-order chi connectivity index (χ1) is 15.0. The number of benzene rings is 1. The van der Waals surface area contributed by atoms with Gasteiger partial charge in [0.2, 0.25) is 5.91 Å². The predicted molar refractivity (Wildman–Crippen MR) is 123 cm³/mol. The highest BCUT2D eigenvalue weighted by Crippen LogP contribution is 2.32. The van der Waals surface area contributed by atoms with Crippen molar-refractivity contribution in [1.82, 2.24) is 19.9 Å². The van der Waals surface area contributed by atoms with Gasteiger partial charge in [-0.15, -0.1) is 11.3 Å². The smallest absolute Gasteiger partial charge is 0.228 e. The van der Waals surface area contributed by atoms with Crippen LogP contribution in [-0.4, -0.2) is 58.5 Å². The van der Waals surface area contributed by atoms with Crippen LogP contribution in [0.5, 0.6) is 5.75 Å². The third-order valence-electron chi connectivity index (χ3n) is 5.21. The molecular weight excluding hydrogens is 410 g/mol. The molecule has 0 saturated carbocycles. The van der Waals surface area contributed by atoms with E-state index in [4.69, 9.17) is 9.72 Å². The number of ether oxygens (including phenoxy) is 1. The Morgan fingerprint density at radius 1 is 1.10 bits per heavy atom. The minimum absolute atomic E-state index is 0.115. The van der Waals surface area contributed by atoms with Crippen molar-refractivity contribution in [2.24, 2.45) is 0 Å². The molecule has 4 rings (SSSR count). The van der Waals surface area contributed by atoms with Crippen LogP contribution in [0.3, 0.4) is 0 Å². The topological polar surface area (TPSA) is 71.5 Å². The van der Waals surface area contributed by atoms with Crippen LogP contribution in [-0.2, 0) is 11.2 Å². The second kappa shape index (κ2) is 9.43. The fraction of sp³-hybridized carbons (Fsp3) is 0.391. The van der Waals surface area contributed by atoms with Gasteiger partial charge in [0, 0.05) is 43.3 Å². The van der Waals surface area contributed by atoms with Crippen LogP contribution in [0.4, 0.5) is 5.82 Å². The molecule has 0 bridgehead atoms. The van der Waals surface area contributed by atoms with Gasteiger partial charge in [0.25, 0.3) is 0 Å². The van der Waals surface area contributed by atoms with Crippen LogP contribution in [0.1, 0.15) is 24.1 Å². The summed E-state index contributed by atoms with van der Waals surface area (Å²) in [6, 6.07) is 9.89. The van der Waals surface area contributed by atoms with Gasteiger partial charge in [-0.25, -0.2) is 15.0 Å². The number of aryl methyl sites for hydroxylation is 2. The molecule has 0 atom stereocenters. The van der Waals surface area contributed by atoms with Gasteiger partial charge in [-0.3, -0.25) is 4.79 Å². The molecule has 3 aromatic rings. The summed E-state index contributed by atoms with van der Waals surface area (Å²) in [4.78, 5) is 30.6. The van der Waals surface area contributed by atoms with Crippen LogP contribution in [0.25, 0.3) is 10.6 Å². The maximum atomic E-state index is 12.9. The number of carbonyl (C=O) groups excluding carboxylic acids is 1. The molecule has 8 heteroatoms. The van der Waals surface area contributed by atoms with Crippen LogP contribution in [0.2, 0.25) is 0 Å². The Morgan fingerprint density at radius 2 is 1.87 bits per heavy atom. The van der Waals surface area contributed by atoms with Gasteiger partial charge in [0.05, 0.1) is 24.3 Å². The van der Waals surface area contributed by atoms with Crippen molar-refractivity contribution in [3.8, 4) is 16.3 Å². The average Bonchev–Trinajstić information content (AvgIpc) is 3.22. The summed E-state index contributed by atoms with van der Waals surface area (Å²) in [5.41, 5.74) is 2.74. The number of rotatable bonds is 6. The second-order valence-electron chi connectivity index (χ2n) is 7.53. The molecular formula is C23H27N5O2S. The zero-order valence-electron chi connectivity index (χ0n) is 18.2. The van der Waals surface area contributed by atoms with Gasteiger partial charge in [0.1, 0.15) is 22.4 Å². The molecule has 0 N–H and O–H groups in total. The number of anilines is 1. The Bertz CT molecular complexity index is 1040. The first-order valence-corrected chi connectivity index (χ1v) is 11.4. The Hall–Kier alpha value is -3.00. The van der Waals surface area contributed by atoms with E-state index in [-0.39, 0.29) is 5.91 Å². The number of hydrogen-bond acceptors (Lipinski definition) is 7. The van der Waals surface area contributed by atoms with E-state index < -0.39 is 0 Å². The third kappa shape index (κ3) is 5.02. The van der Waals surface area contributed by atoms with Crippen LogP contribution in [0.15, 0.2) is 35.7 Å². The molecule has 1 amide bonds. The first kappa shape index (κ1) is 21.2. The molecule has 1 fully saturated rings. The lowest BCUT2D eigenvalue weighted by Gasteiger charge is -2.35. The molecule has 2 aromatic heterocycles.